The van der Waals surface area contributed by atoms with Crippen LogP contribution in [0.4, 0.5) is 0 Å². The van der Waals surface area contributed by atoms with Gasteiger partial charge >= 0.3 is 0 Å². The van der Waals surface area contributed by atoms with Gasteiger partial charge in [-0.15, -0.1) is 0 Å². The molecule has 0 heterocycles. The van der Waals surface area contributed by atoms with Gasteiger partial charge in [0.15, 0.2) is 0 Å². The molecule has 0 radical (unpaired) electrons. The molecule has 0 atom stereocenters. The van der Waals surface area contributed by atoms with E-state index in [1.807, 2.05) is 6.07 Å². The third kappa shape index (κ3) is 3.21. The van der Waals surface area contributed by atoms with Crippen molar-refractivity contribution in [1.82, 2.24) is 0 Å². The largest absolute Gasteiger partial charge is 0.497 e. The summed E-state index contributed by atoms with van der Waals surface area (Å²) in [6.07, 6.45) is 1.08. The molecule has 0 aromatic heterocycles. The molecular weight excluding hydrogens is 299 g/mol. The third-order valence-corrected chi connectivity index (χ3v) is 4.08. The van der Waals surface area contributed by atoms with Crippen LogP contribution in [0, 0.1) is 0 Å². The Hall–Kier alpha value is -1.22. The van der Waals surface area contributed by atoms with Gasteiger partial charge < -0.3 is 4.74 Å². The van der Waals surface area contributed by atoms with Crippen LogP contribution in [0.3, 0.4) is 0 Å². The van der Waals surface area contributed by atoms with E-state index in [0.29, 0.717) is 6.71 Å². The first-order chi connectivity index (χ1) is 9.30. The van der Waals surface area contributed by atoms with Crippen LogP contribution in [-0.4, -0.2) is 13.8 Å². The lowest BCUT2D eigenvalue weighted by Crippen LogP contribution is -2.43. The zero-order valence-corrected chi connectivity index (χ0v) is 13.0. The van der Waals surface area contributed by atoms with Gasteiger partial charge in [-0.3, -0.25) is 0 Å². The van der Waals surface area contributed by atoms with Crippen molar-refractivity contribution in [3.8, 4) is 5.75 Å². The lowest BCUT2D eigenvalue weighted by atomic mass is 9.38. The Bertz CT molecular complexity index is 542. The van der Waals surface area contributed by atoms with Crippen LogP contribution in [0.2, 0.25) is 6.32 Å². The quantitative estimate of drug-likeness (QED) is 0.608. The molecule has 98 valence electrons. The highest BCUT2D eigenvalue weighted by Crippen LogP contribution is 2.10. The Labute approximate surface area is 124 Å². The summed E-state index contributed by atoms with van der Waals surface area (Å²) in [6, 6.07) is 17.0. The number of hydrogen-bond acceptors (Lipinski definition) is 1. The molecule has 3 heteroatoms. The Balaban J connectivity index is 2.43. The van der Waals surface area contributed by atoms with Crippen LogP contribution >= 0.6 is 15.9 Å². The van der Waals surface area contributed by atoms with Crippen LogP contribution in [0.25, 0.3) is 0 Å². The second-order valence-electron chi connectivity index (χ2n) is 4.57. The average molecular weight is 317 g/mol. The summed E-state index contributed by atoms with van der Waals surface area (Å²) < 4.78 is 5.33. The molecule has 0 aliphatic carbocycles. The summed E-state index contributed by atoms with van der Waals surface area (Å²) in [5.74, 6) is 0.923. The smallest absolute Gasteiger partial charge is 0.209 e. The first-order valence-electron chi connectivity index (χ1n) is 6.57. The molecule has 1 nitrogen and oxygen atoms in total. The highest BCUT2D eigenvalue weighted by atomic mass is 79.9. The van der Waals surface area contributed by atoms with E-state index >= 15 is 0 Å². The van der Waals surface area contributed by atoms with E-state index in [0.717, 1.165) is 17.4 Å². The van der Waals surface area contributed by atoms with Crippen molar-refractivity contribution >= 4 is 33.6 Å². The molecule has 0 unspecified atom stereocenters. The minimum atomic E-state index is 0.420. The molecule has 0 N–H and O–H groups in total. The third-order valence-electron chi connectivity index (χ3n) is 3.48. The fourth-order valence-corrected chi connectivity index (χ4v) is 3.00. The van der Waals surface area contributed by atoms with Crippen LogP contribution in [0.15, 0.2) is 48.5 Å². The standard InChI is InChI=1S/C16H18BBrO/c1-3-17(14-8-6-9-15(11-14)19-2)16-10-5-4-7-13(16)12-18/h4-11H,3,12H2,1-2H3. The Morgan fingerprint density at radius 3 is 2.58 bits per heavy atom. The molecular formula is C16H18BBrO. The van der Waals surface area contributed by atoms with E-state index in [2.05, 4.69) is 65.3 Å². The molecule has 0 aliphatic heterocycles. The molecule has 0 fully saturated rings. The predicted molar refractivity (Wildman–Crippen MR) is 87.6 cm³/mol. The maximum absolute atomic E-state index is 5.33. The second-order valence-corrected chi connectivity index (χ2v) is 5.13. The van der Waals surface area contributed by atoms with Crippen molar-refractivity contribution in [2.75, 3.05) is 7.11 Å². The normalized spacial score (nSPS) is 10.3. The molecule has 19 heavy (non-hydrogen) atoms. The Kier molecular flexibility index (Phi) is 5.09. The summed E-state index contributed by atoms with van der Waals surface area (Å²) in [7, 11) is 1.71. The maximum Gasteiger partial charge on any atom is 0.209 e. The van der Waals surface area contributed by atoms with Gasteiger partial charge in [-0.25, -0.2) is 0 Å². The van der Waals surface area contributed by atoms with Crippen molar-refractivity contribution in [2.24, 2.45) is 0 Å². The topological polar surface area (TPSA) is 9.23 Å². The van der Waals surface area contributed by atoms with Crippen molar-refractivity contribution in [1.29, 1.82) is 0 Å². The molecule has 0 amide bonds. The van der Waals surface area contributed by atoms with Gasteiger partial charge in [0.1, 0.15) is 5.75 Å². The number of ether oxygens (including phenoxy) is 1. The molecule has 0 saturated heterocycles. The first kappa shape index (κ1) is 14.2. The van der Waals surface area contributed by atoms with Crippen molar-refractivity contribution in [2.45, 2.75) is 18.6 Å². The lowest BCUT2D eigenvalue weighted by Gasteiger charge is -2.16. The van der Waals surface area contributed by atoms with E-state index in [1.54, 1.807) is 7.11 Å². The number of halogens is 1. The molecule has 2 aromatic carbocycles. The fraction of sp³-hybridized carbons (Fsp3) is 0.250. The second kappa shape index (κ2) is 6.81. The summed E-state index contributed by atoms with van der Waals surface area (Å²) in [5, 5.41) is 0.893. The summed E-state index contributed by atoms with van der Waals surface area (Å²) in [4.78, 5) is 0. The molecule has 0 bridgehead atoms. The van der Waals surface area contributed by atoms with Gasteiger partial charge in [-0.05, 0) is 17.7 Å². The highest BCUT2D eigenvalue weighted by molar-refractivity contribution is 9.08. The Morgan fingerprint density at radius 2 is 1.89 bits per heavy atom. The minimum absolute atomic E-state index is 0.420. The van der Waals surface area contributed by atoms with Crippen LogP contribution < -0.4 is 15.7 Å². The van der Waals surface area contributed by atoms with Crippen molar-refractivity contribution in [3.63, 3.8) is 0 Å². The van der Waals surface area contributed by atoms with Gasteiger partial charge in [-0.1, -0.05) is 76.5 Å². The van der Waals surface area contributed by atoms with Crippen molar-refractivity contribution in [3.05, 3.63) is 54.1 Å². The highest BCUT2D eigenvalue weighted by Gasteiger charge is 2.19. The monoisotopic (exact) mass is 316 g/mol. The number of hydrogen-bond donors (Lipinski definition) is 0. The van der Waals surface area contributed by atoms with Crippen LogP contribution in [0.1, 0.15) is 12.5 Å². The number of methoxy groups -OCH3 is 1. The number of rotatable bonds is 5. The van der Waals surface area contributed by atoms with E-state index < -0.39 is 0 Å². The van der Waals surface area contributed by atoms with E-state index in [9.17, 15) is 0 Å². The van der Waals surface area contributed by atoms with Gasteiger partial charge in [0, 0.05) is 5.33 Å². The molecule has 2 aromatic rings. The van der Waals surface area contributed by atoms with Crippen LogP contribution in [-0.2, 0) is 5.33 Å². The zero-order valence-electron chi connectivity index (χ0n) is 11.4. The van der Waals surface area contributed by atoms with Gasteiger partial charge in [0.2, 0.25) is 6.71 Å². The average Bonchev–Trinajstić information content (AvgIpc) is 2.49. The molecule has 0 spiro atoms. The molecule has 2 rings (SSSR count). The van der Waals surface area contributed by atoms with Gasteiger partial charge in [0.25, 0.3) is 0 Å². The van der Waals surface area contributed by atoms with E-state index in [1.165, 1.54) is 16.5 Å². The summed E-state index contributed by atoms with van der Waals surface area (Å²) >= 11 is 3.58. The minimum Gasteiger partial charge on any atom is -0.497 e. The molecule has 0 aliphatic rings. The summed E-state index contributed by atoms with van der Waals surface area (Å²) in [5.41, 5.74) is 4.07. The summed E-state index contributed by atoms with van der Waals surface area (Å²) in [6.45, 7) is 2.65. The van der Waals surface area contributed by atoms with Crippen LogP contribution in [0.5, 0.6) is 5.75 Å². The lowest BCUT2D eigenvalue weighted by molar-refractivity contribution is 0.415. The number of benzene rings is 2. The first-order valence-corrected chi connectivity index (χ1v) is 7.70. The van der Waals surface area contributed by atoms with Gasteiger partial charge in [0.05, 0.1) is 7.11 Å². The van der Waals surface area contributed by atoms with E-state index in [-0.39, 0.29) is 0 Å². The maximum atomic E-state index is 5.33. The van der Waals surface area contributed by atoms with Gasteiger partial charge in [-0.2, -0.15) is 0 Å². The zero-order chi connectivity index (χ0) is 13.7. The van der Waals surface area contributed by atoms with E-state index in [4.69, 9.17) is 4.74 Å². The van der Waals surface area contributed by atoms with Crippen molar-refractivity contribution < 1.29 is 4.74 Å². The SMILES string of the molecule is CCB(c1cccc(OC)c1)c1ccccc1CBr. The number of alkyl halides is 1. The predicted octanol–water partition coefficient (Wildman–Crippen LogP) is 3.22. The fourth-order valence-electron chi connectivity index (χ4n) is 2.49. The molecule has 0 saturated carbocycles. The Morgan fingerprint density at radius 1 is 1.11 bits per heavy atom.